The van der Waals surface area contributed by atoms with E-state index in [4.69, 9.17) is 4.74 Å². The van der Waals surface area contributed by atoms with E-state index in [2.05, 4.69) is 10.0 Å². The van der Waals surface area contributed by atoms with E-state index >= 15 is 0 Å². The summed E-state index contributed by atoms with van der Waals surface area (Å²) in [7, 11) is -1.53. The van der Waals surface area contributed by atoms with Gasteiger partial charge >= 0.3 is 0 Å². The van der Waals surface area contributed by atoms with Gasteiger partial charge in [0.25, 0.3) is 0 Å². The second-order valence-electron chi connectivity index (χ2n) is 3.81. The van der Waals surface area contributed by atoms with Crippen LogP contribution < -0.4 is 10.0 Å². The third-order valence-electron chi connectivity index (χ3n) is 2.35. The smallest absolute Gasteiger partial charge is 0.235 e. The monoisotopic (exact) mass is 272 g/mol. The van der Waals surface area contributed by atoms with Crippen LogP contribution in [0.15, 0.2) is 24.3 Å². The van der Waals surface area contributed by atoms with E-state index in [1.807, 2.05) is 26.1 Å². The number of benzene rings is 1. The zero-order valence-electron chi connectivity index (χ0n) is 10.8. The summed E-state index contributed by atoms with van der Waals surface area (Å²) in [5, 5.41) is 3.00. The molecule has 0 radical (unpaired) electrons. The molecule has 0 saturated heterocycles. The SMILES string of the molecule is CCOCCS(=O)(=O)Nc1ccccc1CNC. The fourth-order valence-corrected chi connectivity index (χ4v) is 2.47. The van der Waals surface area contributed by atoms with Gasteiger partial charge in [-0.3, -0.25) is 4.72 Å². The lowest BCUT2D eigenvalue weighted by Crippen LogP contribution is -2.21. The first-order valence-electron chi connectivity index (χ1n) is 5.90. The third kappa shape index (κ3) is 5.03. The van der Waals surface area contributed by atoms with Gasteiger partial charge in [0.1, 0.15) is 0 Å². The van der Waals surface area contributed by atoms with E-state index in [1.54, 1.807) is 12.1 Å². The minimum Gasteiger partial charge on any atom is -0.381 e. The van der Waals surface area contributed by atoms with Crippen LogP contribution in [0.3, 0.4) is 0 Å². The van der Waals surface area contributed by atoms with Crippen LogP contribution >= 0.6 is 0 Å². The van der Waals surface area contributed by atoms with E-state index < -0.39 is 10.0 Å². The Bertz CT molecular complexity index is 460. The zero-order valence-corrected chi connectivity index (χ0v) is 11.6. The van der Waals surface area contributed by atoms with Crippen molar-refractivity contribution in [2.75, 3.05) is 30.7 Å². The Kier molecular flexibility index (Phi) is 6.11. The van der Waals surface area contributed by atoms with Crippen LogP contribution in [0.5, 0.6) is 0 Å². The molecule has 0 unspecified atom stereocenters. The highest BCUT2D eigenvalue weighted by atomic mass is 32.2. The molecule has 0 aliphatic carbocycles. The first-order chi connectivity index (χ1) is 8.59. The van der Waals surface area contributed by atoms with Gasteiger partial charge in [-0.25, -0.2) is 8.42 Å². The van der Waals surface area contributed by atoms with E-state index in [0.29, 0.717) is 18.8 Å². The summed E-state index contributed by atoms with van der Waals surface area (Å²) in [5.74, 6) is -0.0330. The molecule has 6 heteroatoms. The topological polar surface area (TPSA) is 67.4 Å². The maximum absolute atomic E-state index is 11.8. The highest BCUT2D eigenvalue weighted by molar-refractivity contribution is 7.92. The highest BCUT2D eigenvalue weighted by Gasteiger charge is 2.12. The van der Waals surface area contributed by atoms with Crippen LogP contribution in [0.1, 0.15) is 12.5 Å². The van der Waals surface area contributed by atoms with Gasteiger partial charge in [-0.2, -0.15) is 0 Å². The average Bonchev–Trinajstić information content (AvgIpc) is 2.32. The summed E-state index contributed by atoms with van der Waals surface area (Å²) in [6.07, 6.45) is 0. The molecule has 0 aromatic heterocycles. The van der Waals surface area contributed by atoms with Crippen molar-refractivity contribution in [3.63, 3.8) is 0 Å². The van der Waals surface area contributed by atoms with Crippen molar-refractivity contribution in [1.29, 1.82) is 0 Å². The Morgan fingerprint density at radius 3 is 2.67 bits per heavy atom. The van der Waals surface area contributed by atoms with Crippen molar-refractivity contribution in [2.24, 2.45) is 0 Å². The van der Waals surface area contributed by atoms with E-state index in [0.717, 1.165) is 5.56 Å². The molecule has 0 aliphatic rings. The van der Waals surface area contributed by atoms with Crippen LogP contribution in [0.4, 0.5) is 5.69 Å². The van der Waals surface area contributed by atoms with E-state index in [-0.39, 0.29) is 12.4 Å². The summed E-state index contributed by atoms with van der Waals surface area (Å²) in [5.41, 5.74) is 1.53. The van der Waals surface area contributed by atoms with Crippen molar-refractivity contribution in [3.05, 3.63) is 29.8 Å². The molecule has 0 spiro atoms. The van der Waals surface area contributed by atoms with Gasteiger partial charge in [-0.1, -0.05) is 18.2 Å². The number of sulfonamides is 1. The maximum Gasteiger partial charge on any atom is 0.235 e. The number of anilines is 1. The number of nitrogens with one attached hydrogen (secondary N) is 2. The summed E-state index contributed by atoms with van der Waals surface area (Å²) < 4.78 is 31.3. The summed E-state index contributed by atoms with van der Waals surface area (Å²) >= 11 is 0. The lowest BCUT2D eigenvalue weighted by molar-refractivity contribution is 0.163. The summed E-state index contributed by atoms with van der Waals surface area (Å²) in [4.78, 5) is 0. The van der Waals surface area contributed by atoms with Crippen molar-refractivity contribution in [3.8, 4) is 0 Å². The Hall–Kier alpha value is -1.11. The first-order valence-corrected chi connectivity index (χ1v) is 7.55. The molecule has 2 N–H and O–H groups in total. The Balaban J connectivity index is 2.71. The predicted octanol–water partition coefficient (Wildman–Crippen LogP) is 1.18. The zero-order chi connectivity index (χ0) is 13.4. The third-order valence-corrected chi connectivity index (χ3v) is 3.59. The van der Waals surface area contributed by atoms with E-state index in [1.165, 1.54) is 0 Å². The molecule has 0 atom stereocenters. The molecular formula is C12H20N2O3S. The van der Waals surface area contributed by atoms with Gasteiger partial charge in [0.2, 0.25) is 10.0 Å². The first kappa shape index (κ1) is 14.9. The van der Waals surface area contributed by atoms with Crippen LogP contribution in [-0.4, -0.2) is 34.4 Å². The quantitative estimate of drug-likeness (QED) is 0.697. The van der Waals surface area contributed by atoms with Gasteiger partial charge in [-0.05, 0) is 25.6 Å². The Labute approximate surface area is 109 Å². The molecule has 0 aliphatic heterocycles. The Morgan fingerprint density at radius 2 is 2.00 bits per heavy atom. The fourth-order valence-electron chi connectivity index (χ4n) is 1.50. The normalized spacial score (nSPS) is 11.4. The van der Waals surface area contributed by atoms with Crippen molar-refractivity contribution in [2.45, 2.75) is 13.5 Å². The Morgan fingerprint density at radius 1 is 1.28 bits per heavy atom. The van der Waals surface area contributed by atoms with Gasteiger partial charge in [0, 0.05) is 13.2 Å². The fraction of sp³-hybridized carbons (Fsp3) is 0.500. The molecule has 18 heavy (non-hydrogen) atoms. The second kappa shape index (κ2) is 7.35. The molecule has 5 nitrogen and oxygen atoms in total. The maximum atomic E-state index is 11.8. The minimum atomic E-state index is -3.35. The number of ether oxygens (including phenoxy) is 1. The molecule has 0 fully saturated rings. The van der Waals surface area contributed by atoms with Crippen LogP contribution in [0.2, 0.25) is 0 Å². The molecule has 1 rings (SSSR count). The minimum absolute atomic E-state index is 0.0330. The predicted molar refractivity (Wildman–Crippen MR) is 73.1 cm³/mol. The van der Waals surface area contributed by atoms with Crippen molar-refractivity contribution >= 4 is 15.7 Å². The highest BCUT2D eigenvalue weighted by Crippen LogP contribution is 2.16. The average molecular weight is 272 g/mol. The van der Waals surface area contributed by atoms with Crippen LogP contribution in [0, 0.1) is 0 Å². The molecule has 1 aromatic rings. The van der Waals surface area contributed by atoms with Crippen molar-refractivity contribution < 1.29 is 13.2 Å². The number of hydrogen-bond donors (Lipinski definition) is 2. The molecule has 0 saturated carbocycles. The van der Waals surface area contributed by atoms with Gasteiger partial charge < -0.3 is 10.1 Å². The standard InChI is InChI=1S/C12H20N2O3S/c1-3-17-8-9-18(15,16)14-12-7-5-4-6-11(12)10-13-2/h4-7,13-14H,3,8-10H2,1-2H3. The van der Waals surface area contributed by atoms with Crippen LogP contribution in [0.25, 0.3) is 0 Å². The number of para-hydroxylation sites is 1. The largest absolute Gasteiger partial charge is 0.381 e. The lowest BCUT2D eigenvalue weighted by atomic mass is 10.2. The van der Waals surface area contributed by atoms with Gasteiger partial charge in [0.15, 0.2) is 0 Å². The summed E-state index contributed by atoms with van der Waals surface area (Å²) in [6, 6.07) is 7.33. The lowest BCUT2D eigenvalue weighted by Gasteiger charge is -2.12. The van der Waals surface area contributed by atoms with Crippen molar-refractivity contribution in [1.82, 2.24) is 5.32 Å². The van der Waals surface area contributed by atoms with E-state index in [9.17, 15) is 8.42 Å². The molecule has 1 aromatic carbocycles. The molecule has 0 bridgehead atoms. The van der Waals surface area contributed by atoms with Crippen LogP contribution in [-0.2, 0) is 21.3 Å². The van der Waals surface area contributed by atoms with Gasteiger partial charge in [0.05, 0.1) is 18.0 Å². The van der Waals surface area contributed by atoms with Gasteiger partial charge in [-0.15, -0.1) is 0 Å². The molecule has 0 amide bonds. The molecule has 0 heterocycles. The molecule has 102 valence electrons. The number of hydrogen-bond acceptors (Lipinski definition) is 4. The number of rotatable bonds is 8. The second-order valence-corrected chi connectivity index (χ2v) is 5.65. The summed E-state index contributed by atoms with van der Waals surface area (Å²) in [6.45, 7) is 3.18. The molecular weight excluding hydrogens is 252 g/mol.